The predicted molar refractivity (Wildman–Crippen MR) is 53.4 cm³/mol. The van der Waals surface area contributed by atoms with E-state index in [1.165, 1.54) is 0 Å². The summed E-state index contributed by atoms with van der Waals surface area (Å²) >= 11 is 0. The number of ether oxygens (including phenoxy) is 1. The van der Waals surface area contributed by atoms with Gasteiger partial charge < -0.3 is 9.84 Å². The molecule has 0 aliphatic heterocycles. The first-order valence-corrected chi connectivity index (χ1v) is 4.61. The molecule has 0 aliphatic carbocycles. The molecule has 1 atom stereocenters. The van der Waals surface area contributed by atoms with Crippen molar-refractivity contribution in [2.45, 2.75) is 13.3 Å². The van der Waals surface area contributed by atoms with Crippen molar-refractivity contribution in [1.29, 1.82) is 0 Å². The highest BCUT2D eigenvalue weighted by Gasteiger charge is 2.09. The molecule has 76 valence electrons. The van der Waals surface area contributed by atoms with Crippen LogP contribution < -0.4 is 4.74 Å². The van der Waals surface area contributed by atoms with Crippen LogP contribution in [0, 0.1) is 5.92 Å². The fourth-order valence-corrected chi connectivity index (χ4v) is 0.994. The molecule has 0 radical (unpaired) electrons. The fraction of sp³-hybridized carbons (Fsp3) is 0.364. The number of hydrogen-bond acceptors (Lipinski definition) is 2. The Morgan fingerprint density at radius 3 is 2.64 bits per heavy atom. The predicted octanol–water partition coefficient (Wildman–Crippen LogP) is 2.18. The fourth-order valence-electron chi connectivity index (χ4n) is 0.994. The summed E-state index contributed by atoms with van der Waals surface area (Å²) in [6.07, 6.45) is 0.532. The number of aliphatic carboxylic acids is 1. The van der Waals surface area contributed by atoms with Gasteiger partial charge in [0.2, 0.25) is 0 Å². The smallest absolute Gasteiger partial charge is 0.306 e. The van der Waals surface area contributed by atoms with E-state index in [1.54, 1.807) is 6.92 Å². The first-order chi connectivity index (χ1) is 6.70. The zero-order valence-electron chi connectivity index (χ0n) is 8.14. The topological polar surface area (TPSA) is 46.5 Å². The highest BCUT2D eigenvalue weighted by atomic mass is 16.5. The Kier molecular flexibility index (Phi) is 3.98. The molecule has 0 amide bonds. The first-order valence-electron chi connectivity index (χ1n) is 4.61. The average molecular weight is 194 g/mol. The molecule has 0 bridgehead atoms. The minimum Gasteiger partial charge on any atom is -0.494 e. The number of carboxylic acid groups (broad SMARTS) is 1. The van der Waals surface area contributed by atoms with Crippen molar-refractivity contribution < 1.29 is 14.6 Å². The van der Waals surface area contributed by atoms with E-state index in [1.807, 2.05) is 30.3 Å². The molecule has 3 nitrogen and oxygen atoms in total. The van der Waals surface area contributed by atoms with Crippen molar-refractivity contribution in [3.8, 4) is 5.75 Å². The third-order valence-electron chi connectivity index (χ3n) is 1.98. The Labute approximate surface area is 83.3 Å². The maximum Gasteiger partial charge on any atom is 0.306 e. The normalized spacial score (nSPS) is 12.1. The van der Waals surface area contributed by atoms with Crippen molar-refractivity contribution in [3.63, 3.8) is 0 Å². The van der Waals surface area contributed by atoms with Crippen LogP contribution in [-0.4, -0.2) is 17.7 Å². The number of carbonyl (C=O) groups is 1. The van der Waals surface area contributed by atoms with Crippen LogP contribution in [0.15, 0.2) is 30.3 Å². The minimum absolute atomic E-state index is 0.348. The summed E-state index contributed by atoms with van der Waals surface area (Å²) in [4.78, 5) is 10.5. The highest BCUT2D eigenvalue weighted by Crippen LogP contribution is 2.10. The molecule has 0 saturated heterocycles. The SMILES string of the molecule is C[C@H](CCOc1ccccc1)C(=O)O. The van der Waals surface area contributed by atoms with Gasteiger partial charge >= 0.3 is 5.97 Å². The molecule has 0 heterocycles. The van der Waals surface area contributed by atoms with Gasteiger partial charge in [0.25, 0.3) is 0 Å². The average Bonchev–Trinajstić information content (AvgIpc) is 2.19. The molecule has 14 heavy (non-hydrogen) atoms. The van der Waals surface area contributed by atoms with Gasteiger partial charge in [-0.25, -0.2) is 0 Å². The van der Waals surface area contributed by atoms with E-state index in [4.69, 9.17) is 9.84 Å². The summed E-state index contributed by atoms with van der Waals surface area (Å²) in [7, 11) is 0. The van der Waals surface area contributed by atoms with Crippen LogP contribution in [-0.2, 0) is 4.79 Å². The Balaban J connectivity index is 2.26. The molecular formula is C11H14O3. The summed E-state index contributed by atoms with van der Waals surface area (Å²) in [6.45, 7) is 2.12. The molecular weight excluding hydrogens is 180 g/mol. The van der Waals surface area contributed by atoms with Crippen LogP contribution >= 0.6 is 0 Å². The van der Waals surface area contributed by atoms with Crippen molar-refractivity contribution in [2.24, 2.45) is 5.92 Å². The van der Waals surface area contributed by atoms with Gasteiger partial charge in [-0.15, -0.1) is 0 Å². The Morgan fingerprint density at radius 1 is 1.43 bits per heavy atom. The summed E-state index contributed by atoms with van der Waals surface area (Å²) in [5.74, 6) is -0.342. The molecule has 0 aromatic heterocycles. The quantitative estimate of drug-likeness (QED) is 0.781. The zero-order chi connectivity index (χ0) is 10.4. The van der Waals surface area contributed by atoms with Crippen LogP contribution in [0.5, 0.6) is 5.75 Å². The summed E-state index contributed by atoms with van der Waals surface area (Å²) in [5, 5.41) is 8.62. The van der Waals surface area contributed by atoms with E-state index in [0.717, 1.165) is 5.75 Å². The monoisotopic (exact) mass is 194 g/mol. The molecule has 0 unspecified atom stereocenters. The van der Waals surface area contributed by atoms with Gasteiger partial charge in [0.15, 0.2) is 0 Å². The Bertz CT molecular complexity index is 282. The van der Waals surface area contributed by atoms with E-state index < -0.39 is 5.97 Å². The van der Waals surface area contributed by atoms with Crippen molar-refractivity contribution in [2.75, 3.05) is 6.61 Å². The van der Waals surface area contributed by atoms with Crippen LogP contribution in [0.3, 0.4) is 0 Å². The van der Waals surface area contributed by atoms with Gasteiger partial charge in [-0.1, -0.05) is 25.1 Å². The summed E-state index contributed by atoms with van der Waals surface area (Å²) < 4.78 is 5.36. The Hall–Kier alpha value is -1.51. The van der Waals surface area contributed by atoms with Crippen molar-refractivity contribution in [3.05, 3.63) is 30.3 Å². The summed E-state index contributed by atoms with van der Waals surface area (Å²) in [5.41, 5.74) is 0. The van der Waals surface area contributed by atoms with Crippen molar-refractivity contribution in [1.82, 2.24) is 0 Å². The second-order valence-corrected chi connectivity index (χ2v) is 3.19. The molecule has 0 fully saturated rings. The van der Waals surface area contributed by atoms with Gasteiger partial charge in [-0.3, -0.25) is 4.79 Å². The highest BCUT2D eigenvalue weighted by molar-refractivity contribution is 5.69. The molecule has 1 N–H and O–H groups in total. The maximum atomic E-state index is 10.5. The van der Waals surface area contributed by atoms with Crippen LogP contribution in [0.1, 0.15) is 13.3 Å². The summed E-state index contributed by atoms with van der Waals surface area (Å²) in [6, 6.07) is 9.38. The molecule has 0 saturated carbocycles. The lowest BCUT2D eigenvalue weighted by Gasteiger charge is -2.07. The van der Waals surface area contributed by atoms with E-state index in [-0.39, 0.29) is 5.92 Å². The van der Waals surface area contributed by atoms with E-state index in [2.05, 4.69) is 0 Å². The lowest BCUT2D eigenvalue weighted by Crippen LogP contribution is -2.13. The molecule has 1 aromatic carbocycles. The van der Waals surface area contributed by atoms with Crippen LogP contribution in [0.2, 0.25) is 0 Å². The van der Waals surface area contributed by atoms with Gasteiger partial charge in [0, 0.05) is 0 Å². The lowest BCUT2D eigenvalue weighted by atomic mass is 10.1. The minimum atomic E-state index is -0.776. The molecule has 1 rings (SSSR count). The zero-order valence-corrected chi connectivity index (χ0v) is 8.14. The van der Waals surface area contributed by atoms with Gasteiger partial charge in [0.1, 0.15) is 5.75 Å². The third-order valence-corrected chi connectivity index (χ3v) is 1.98. The van der Waals surface area contributed by atoms with Gasteiger partial charge in [-0.2, -0.15) is 0 Å². The van der Waals surface area contributed by atoms with Gasteiger partial charge in [-0.05, 0) is 18.6 Å². The largest absolute Gasteiger partial charge is 0.494 e. The maximum absolute atomic E-state index is 10.5. The second-order valence-electron chi connectivity index (χ2n) is 3.19. The first kappa shape index (κ1) is 10.6. The number of rotatable bonds is 5. The van der Waals surface area contributed by atoms with Crippen molar-refractivity contribution >= 4 is 5.97 Å². The Morgan fingerprint density at radius 2 is 2.07 bits per heavy atom. The number of benzene rings is 1. The third kappa shape index (κ3) is 3.47. The van der Waals surface area contributed by atoms with E-state index in [0.29, 0.717) is 13.0 Å². The number of carboxylic acids is 1. The van der Waals surface area contributed by atoms with Crippen LogP contribution in [0.25, 0.3) is 0 Å². The van der Waals surface area contributed by atoms with E-state index >= 15 is 0 Å². The molecule has 0 spiro atoms. The lowest BCUT2D eigenvalue weighted by molar-refractivity contribution is -0.141. The standard InChI is InChI=1S/C11H14O3/c1-9(11(12)13)7-8-14-10-5-3-2-4-6-10/h2-6,9H,7-8H2,1H3,(H,12,13)/t9-/m1/s1. The second kappa shape index (κ2) is 5.27. The molecule has 1 aromatic rings. The van der Waals surface area contributed by atoms with E-state index in [9.17, 15) is 4.79 Å². The molecule has 3 heteroatoms. The number of hydrogen-bond donors (Lipinski definition) is 1. The number of para-hydroxylation sites is 1. The van der Waals surface area contributed by atoms with Gasteiger partial charge in [0.05, 0.1) is 12.5 Å². The van der Waals surface area contributed by atoms with Crippen LogP contribution in [0.4, 0.5) is 0 Å². The molecule has 0 aliphatic rings.